The molecule has 0 radical (unpaired) electrons. The van der Waals surface area contributed by atoms with Crippen LogP contribution >= 0.6 is 15.9 Å². The highest BCUT2D eigenvalue weighted by Crippen LogP contribution is 2.25. The van der Waals surface area contributed by atoms with Crippen molar-refractivity contribution < 1.29 is 14.6 Å². The summed E-state index contributed by atoms with van der Waals surface area (Å²) in [7, 11) is 0. The number of rotatable bonds is 4. The van der Waals surface area contributed by atoms with E-state index in [0.29, 0.717) is 11.8 Å². The quantitative estimate of drug-likeness (QED) is 0.578. The number of anilines is 1. The summed E-state index contributed by atoms with van der Waals surface area (Å²) in [5, 5.41) is 19.8. The maximum absolute atomic E-state index is 12.9. The van der Waals surface area contributed by atoms with Crippen molar-refractivity contribution in [2.45, 2.75) is 18.6 Å². The van der Waals surface area contributed by atoms with Crippen molar-refractivity contribution in [3.63, 3.8) is 0 Å². The molecule has 0 saturated heterocycles. The molecule has 2 unspecified atom stereocenters. The van der Waals surface area contributed by atoms with Gasteiger partial charge in [0.05, 0.1) is 6.10 Å². The Morgan fingerprint density at radius 3 is 2.67 bits per heavy atom. The molecule has 3 nitrogen and oxygen atoms in total. The van der Waals surface area contributed by atoms with Gasteiger partial charge in [-0.05, 0) is 24.6 Å². The molecule has 0 saturated carbocycles. The van der Waals surface area contributed by atoms with Gasteiger partial charge in [-0.2, -0.15) is 0 Å². The van der Waals surface area contributed by atoms with Gasteiger partial charge in [0.15, 0.2) is 0 Å². The Morgan fingerprint density at radius 2 is 2.07 bits per heavy atom. The summed E-state index contributed by atoms with van der Waals surface area (Å²) < 4.78 is 12.9. The third-order valence-electron chi connectivity index (χ3n) is 2.14. The topological polar surface area (TPSA) is 66.5 Å². The van der Waals surface area contributed by atoms with Crippen LogP contribution in [0.5, 0.6) is 0 Å². The van der Waals surface area contributed by atoms with E-state index in [-0.39, 0.29) is 11.3 Å². The standard InChI is InChI=1S/C10H13BrFNO2/c11-4-3-9(14)10(15)7-5-6(12)1-2-8(7)13/h1-2,5,9-10,14-15H,3-4,13H2. The monoisotopic (exact) mass is 277 g/mol. The van der Waals surface area contributed by atoms with Gasteiger partial charge in [-0.15, -0.1) is 0 Å². The van der Waals surface area contributed by atoms with Crippen molar-refractivity contribution in [2.75, 3.05) is 11.1 Å². The van der Waals surface area contributed by atoms with Crippen LogP contribution in [-0.2, 0) is 0 Å². The normalized spacial score (nSPS) is 14.9. The van der Waals surface area contributed by atoms with Crippen LogP contribution in [0.1, 0.15) is 18.1 Å². The van der Waals surface area contributed by atoms with Crippen LogP contribution in [0.4, 0.5) is 10.1 Å². The molecule has 1 aromatic carbocycles. The van der Waals surface area contributed by atoms with Crippen molar-refractivity contribution >= 4 is 21.6 Å². The highest BCUT2D eigenvalue weighted by atomic mass is 79.9. The second-order valence-corrected chi connectivity index (χ2v) is 4.06. The molecule has 4 N–H and O–H groups in total. The highest BCUT2D eigenvalue weighted by molar-refractivity contribution is 9.09. The van der Waals surface area contributed by atoms with Crippen molar-refractivity contribution in [2.24, 2.45) is 0 Å². The van der Waals surface area contributed by atoms with Crippen LogP contribution < -0.4 is 5.73 Å². The third kappa shape index (κ3) is 3.15. The van der Waals surface area contributed by atoms with E-state index in [2.05, 4.69) is 15.9 Å². The molecule has 0 amide bonds. The van der Waals surface area contributed by atoms with Gasteiger partial charge < -0.3 is 15.9 Å². The number of aliphatic hydroxyl groups is 2. The predicted octanol–water partition coefficient (Wildman–Crippen LogP) is 1.59. The second kappa shape index (κ2) is 5.44. The van der Waals surface area contributed by atoms with Gasteiger partial charge >= 0.3 is 0 Å². The van der Waals surface area contributed by atoms with E-state index in [0.717, 1.165) is 6.07 Å². The summed E-state index contributed by atoms with van der Waals surface area (Å²) in [6, 6.07) is 3.72. The van der Waals surface area contributed by atoms with Gasteiger partial charge in [0.2, 0.25) is 0 Å². The maximum atomic E-state index is 12.9. The Labute approximate surface area is 95.9 Å². The molecule has 0 aliphatic rings. The molecule has 5 heteroatoms. The molecule has 84 valence electrons. The molecule has 2 atom stereocenters. The lowest BCUT2D eigenvalue weighted by Gasteiger charge is -2.18. The lowest BCUT2D eigenvalue weighted by atomic mass is 10.0. The summed E-state index contributed by atoms with van der Waals surface area (Å²) >= 11 is 3.15. The van der Waals surface area contributed by atoms with Crippen LogP contribution in [0.25, 0.3) is 0 Å². The van der Waals surface area contributed by atoms with E-state index in [4.69, 9.17) is 5.73 Å². The molecule has 1 aromatic rings. The van der Waals surface area contributed by atoms with E-state index < -0.39 is 18.0 Å². The molecular weight excluding hydrogens is 265 g/mol. The minimum absolute atomic E-state index is 0.225. The summed E-state index contributed by atoms with van der Waals surface area (Å²) in [6.07, 6.45) is -1.73. The van der Waals surface area contributed by atoms with Gasteiger partial charge in [0, 0.05) is 16.6 Å². The number of halogens is 2. The molecular formula is C10H13BrFNO2. The Bertz CT molecular complexity index is 335. The highest BCUT2D eigenvalue weighted by Gasteiger charge is 2.20. The average Bonchev–Trinajstić information content (AvgIpc) is 2.21. The van der Waals surface area contributed by atoms with Crippen molar-refractivity contribution in [1.82, 2.24) is 0 Å². The summed E-state index contributed by atoms with van der Waals surface area (Å²) in [4.78, 5) is 0. The van der Waals surface area contributed by atoms with Crippen LogP contribution in [0, 0.1) is 5.82 Å². The van der Waals surface area contributed by atoms with Crippen LogP contribution in [0.2, 0.25) is 0 Å². The van der Waals surface area contributed by atoms with Crippen molar-refractivity contribution in [3.05, 3.63) is 29.6 Å². The number of hydrogen-bond donors (Lipinski definition) is 3. The third-order valence-corrected chi connectivity index (χ3v) is 2.59. The first-order valence-electron chi connectivity index (χ1n) is 4.53. The number of nitrogen functional groups attached to an aromatic ring is 1. The average molecular weight is 278 g/mol. The Balaban J connectivity index is 2.89. The van der Waals surface area contributed by atoms with Gasteiger partial charge in [0.1, 0.15) is 11.9 Å². The van der Waals surface area contributed by atoms with Crippen LogP contribution in [0.3, 0.4) is 0 Å². The van der Waals surface area contributed by atoms with Gasteiger partial charge in [-0.1, -0.05) is 15.9 Å². The first-order chi connectivity index (χ1) is 7.06. The molecule has 15 heavy (non-hydrogen) atoms. The zero-order valence-corrected chi connectivity index (χ0v) is 9.61. The van der Waals surface area contributed by atoms with E-state index >= 15 is 0 Å². The van der Waals surface area contributed by atoms with Gasteiger partial charge in [-0.3, -0.25) is 0 Å². The van der Waals surface area contributed by atoms with Crippen molar-refractivity contribution in [3.8, 4) is 0 Å². The largest absolute Gasteiger partial charge is 0.398 e. The van der Waals surface area contributed by atoms with Gasteiger partial charge in [-0.25, -0.2) is 4.39 Å². The fourth-order valence-corrected chi connectivity index (χ4v) is 1.75. The number of hydrogen-bond acceptors (Lipinski definition) is 3. The summed E-state index contributed by atoms with van der Waals surface area (Å²) in [5.74, 6) is -0.482. The minimum Gasteiger partial charge on any atom is -0.398 e. The van der Waals surface area contributed by atoms with Crippen LogP contribution in [-0.4, -0.2) is 21.6 Å². The first kappa shape index (κ1) is 12.4. The number of alkyl halides is 1. The Hall–Kier alpha value is -0.650. The molecule has 0 spiro atoms. The van der Waals surface area contributed by atoms with Crippen molar-refractivity contribution in [1.29, 1.82) is 0 Å². The maximum Gasteiger partial charge on any atom is 0.123 e. The molecule has 0 aromatic heterocycles. The SMILES string of the molecule is Nc1ccc(F)cc1C(O)C(O)CCBr. The molecule has 0 bridgehead atoms. The van der Waals surface area contributed by atoms with Crippen LogP contribution in [0.15, 0.2) is 18.2 Å². The summed E-state index contributed by atoms with van der Waals surface area (Å²) in [6.45, 7) is 0. The molecule has 0 aliphatic heterocycles. The van der Waals surface area contributed by atoms with E-state index in [1.54, 1.807) is 0 Å². The zero-order valence-electron chi connectivity index (χ0n) is 8.03. The fourth-order valence-electron chi connectivity index (χ4n) is 1.28. The van der Waals surface area contributed by atoms with E-state index in [1.807, 2.05) is 0 Å². The lowest BCUT2D eigenvalue weighted by Crippen LogP contribution is -2.19. The molecule has 0 fully saturated rings. The number of aliphatic hydroxyl groups excluding tert-OH is 2. The number of benzene rings is 1. The molecule has 0 heterocycles. The smallest absolute Gasteiger partial charge is 0.123 e. The first-order valence-corrected chi connectivity index (χ1v) is 5.65. The predicted molar refractivity (Wildman–Crippen MR) is 60.2 cm³/mol. The number of nitrogens with two attached hydrogens (primary N) is 1. The fraction of sp³-hybridized carbons (Fsp3) is 0.400. The molecule has 1 rings (SSSR count). The Kier molecular flexibility index (Phi) is 4.50. The minimum atomic E-state index is -1.15. The zero-order chi connectivity index (χ0) is 11.4. The van der Waals surface area contributed by atoms with Gasteiger partial charge in [0.25, 0.3) is 0 Å². The lowest BCUT2D eigenvalue weighted by molar-refractivity contribution is 0.0176. The Morgan fingerprint density at radius 1 is 1.40 bits per heavy atom. The van der Waals surface area contributed by atoms with E-state index in [1.165, 1.54) is 12.1 Å². The second-order valence-electron chi connectivity index (χ2n) is 3.26. The van der Waals surface area contributed by atoms with E-state index in [9.17, 15) is 14.6 Å². The molecule has 0 aliphatic carbocycles. The summed E-state index contributed by atoms with van der Waals surface area (Å²) in [5.41, 5.74) is 6.08.